The largest absolute Gasteiger partial charge is 0.477 e. The van der Waals surface area contributed by atoms with Crippen LogP contribution < -0.4 is 10.3 Å². The number of thiazole rings is 1. The van der Waals surface area contributed by atoms with E-state index in [0.717, 1.165) is 35.5 Å². The summed E-state index contributed by atoms with van der Waals surface area (Å²) in [6.45, 7) is 11.4. The maximum Gasteiger partial charge on any atom is 0.331 e. The highest BCUT2D eigenvalue weighted by molar-refractivity contribution is 7.09. The minimum atomic E-state index is -0.634. The Hall–Kier alpha value is -3.04. The van der Waals surface area contributed by atoms with E-state index in [9.17, 15) is 9.59 Å². The summed E-state index contributed by atoms with van der Waals surface area (Å²) in [6.07, 6.45) is 6.90. The number of carbonyl (C=O) groups excluding carboxylic acids is 1. The lowest BCUT2D eigenvalue weighted by Crippen LogP contribution is -2.23. The zero-order valence-electron chi connectivity index (χ0n) is 22.2. The average molecular weight is 526 g/mol. The van der Waals surface area contributed by atoms with Gasteiger partial charge in [0.05, 0.1) is 23.9 Å². The first kappa shape index (κ1) is 27.0. The first-order valence-corrected chi connectivity index (χ1v) is 13.6. The van der Waals surface area contributed by atoms with Crippen LogP contribution >= 0.6 is 11.3 Å². The maximum absolute atomic E-state index is 13.4. The van der Waals surface area contributed by atoms with Gasteiger partial charge in [-0.25, -0.2) is 9.78 Å². The van der Waals surface area contributed by atoms with E-state index >= 15 is 0 Å². The van der Waals surface area contributed by atoms with Gasteiger partial charge < -0.3 is 14.2 Å². The molecular formula is C28H35N3O5S. The maximum atomic E-state index is 13.4. The highest BCUT2D eigenvalue weighted by atomic mass is 32.1. The Balaban J connectivity index is 1.60. The predicted molar refractivity (Wildman–Crippen MR) is 144 cm³/mol. The van der Waals surface area contributed by atoms with Crippen LogP contribution in [0, 0.1) is 5.92 Å². The van der Waals surface area contributed by atoms with Crippen LogP contribution in [0.4, 0.5) is 0 Å². The third-order valence-corrected chi connectivity index (χ3v) is 6.88. The Kier molecular flexibility index (Phi) is 8.44. The Morgan fingerprint density at radius 1 is 1.30 bits per heavy atom. The van der Waals surface area contributed by atoms with Crippen molar-refractivity contribution in [2.45, 2.75) is 65.4 Å². The highest BCUT2D eigenvalue weighted by Gasteiger charge is 2.20. The molecule has 0 aromatic carbocycles. The van der Waals surface area contributed by atoms with Crippen LogP contribution in [-0.4, -0.2) is 45.8 Å². The number of nitrogens with zero attached hydrogens (tertiary/aromatic N) is 3. The molecule has 4 rings (SSSR count). The van der Waals surface area contributed by atoms with Gasteiger partial charge in [-0.2, -0.15) is 4.98 Å². The molecule has 3 aromatic heterocycles. The van der Waals surface area contributed by atoms with Crippen molar-refractivity contribution in [3.63, 3.8) is 0 Å². The Morgan fingerprint density at radius 3 is 2.78 bits per heavy atom. The van der Waals surface area contributed by atoms with Crippen LogP contribution in [0.1, 0.15) is 68.8 Å². The summed E-state index contributed by atoms with van der Waals surface area (Å²) < 4.78 is 18.3. The molecule has 37 heavy (non-hydrogen) atoms. The summed E-state index contributed by atoms with van der Waals surface area (Å²) >= 11 is 1.68. The molecule has 1 atom stereocenters. The SMILES string of the molecule is CC(C)c1csc(CCc2ccn3c(=O)c(C=CC(=O)OC(C)(C)C)c(OCC4CCOC4)nc3c2)n1. The summed E-state index contributed by atoms with van der Waals surface area (Å²) in [4.78, 5) is 35.1. The Labute approximate surface area is 221 Å². The molecule has 3 aromatic rings. The van der Waals surface area contributed by atoms with E-state index in [0.29, 0.717) is 31.4 Å². The quantitative estimate of drug-likeness (QED) is 0.292. The van der Waals surface area contributed by atoms with Gasteiger partial charge in [-0.05, 0) is 63.3 Å². The number of hydrogen-bond donors (Lipinski definition) is 0. The smallest absolute Gasteiger partial charge is 0.331 e. The highest BCUT2D eigenvalue weighted by Crippen LogP contribution is 2.22. The first-order valence-electron chi connectivity index (χ1n) is 12.7. The fraction of sp³-hybridized carbons (Fsp3) is 0.500. The van der Waals surface area contributed by atoms with E-state index in [1.54, 1.807) is 38.3 Å². The van der Waals surface area contributed by atoms with Crippen molar-refractivity contribution >= 4 is 29.0 Å². The number of pyridine rings is 1. The Morgan fingerprint density at radius 2 is 2.11 bits per heavy atom. The minimum absolute atomic E-state index is 0.204. The molecule has 0 saturated carbocycles. The zero-order chi connectivity index (χ0) is 26.6. The molecule has 0 bridgehead atoms. The molecule has 0 spiro atoms. The standard InChI is InChI=1S/C28H35N3O5S/c1-18(2)22-17-37-24(29-22)8-6-19-10-12-31-23(14-19)30-26(35-16-20-11-13-34-15-20)21(27(31)33)7-9-25(32)36-28(3,4)5/h7,9-10,12,14,17-18,20H,6,8,11,13,15-16H2,1-5H3. The predicted octanol–water partition coefficient (Wildman–Crippen LogP) is 4.83. The van der Waals surface area contributed by atoms with Crippen molar-refractivity contribution in [3.05, 3.63) is 62.0 Å². The molecule has 9 heteroatoms. The second-order valence-electron chi connectivity index (χ2n) is 10.6. The van der Waals surface area contributed by atoms with E-state index in [1.165, 1.54) is 16.6 Å². The van der Waals surface area contributed by atoms with Crippen LogP contribution in [0.5, 0.6) is 5.88 Å². The average Bonchev–Trinajstić information content (AvgIpc) is 3.52. The second kappa shape index (κ2) is 11.6. The van der Waals surface area contributed by atoms with Crippen LogP contribution in [0.15, 0.2) is 34.6 Å². The molecule has 1 aliphatic heterocycles. The number of carbonyl (C=O) groups is 1. The van der Waals surface area contributed by atoms with Gasteiger partial charge in [0.15, 0.2) is 0 Å². The van der Waals surface area contributed by atoms with Gasteiger partial charge in [0.2, 0.25) is 5.88 Å². The van der Waals surface area contributed by atoms with E-state index < -0.39 is 11.6 Å². The van der Waals surface area contributed by atoms with Gasteiger partial charge in [0.1, 0.15) is 16.8 Å². The molecule has 0 amide bonds. The summed E-state index contributed by atoms with van der Waals surface area (Å²) in [5, 5.41) is 3.21. The third-order valence-electron chi connectivity index (χ3n) is 5.96. The van der Waals surface area contributed by atoms with Crippen molar-refractivity contribution in [3.8, 4) is 5.88 Å². The number of rotatable bonds is 9. The lowest BCUT2D eigenvalue weighted by molar-refractivity contribution is -0.148. The number of aromatic nitrogens is 3. The second-order valence-corrected chi connectivity index (χ2v) is 11.6. The monoisotopic (exact) mass is 525 g/mol. The lowest BCUT2D eigenvalue weighted by Gasteiger charge is -2.18. The van der Waals surface area contributed by atoms with Crippen molar-refractivity contribution in [1.29, 1.82) is 0 Å². The molecule has 1 aliphatic rings. The molecule has 8 nitrogen and oxygen atoms in total. The molecule has 1 saturated heterocycles. The number of aryl methyl sites for hydroxylation is 2. The topological polar surface area (TPSA) is 92.0 Å². The van der Waals surface area contributed by atoms with Crippen molar-refractivity contribution in [1.82, 2.24) is 14.4 Å². The van der Waals surface area contributed by atoms with Gasteiger partial charge in [-0.1, -0.05) is 13.8 Å². The van der Waals surface area contributed by atoms with Crippen molar-refractivity contribution in [2.75, 3.05) is 19.8 Å². The van der Waals surface area contributed by atoms with Gasteiger partial charge in [-0.15, -0.1) is 11.3 Å². The molecule has 4 heterocycles. The van der Waals surface area contributed by atoms with Gasteiger partial charge in [0, 0.05) is 36.6 Å². The Bertz CT molecular complexity index is 1330. The van der Waals surface area contributed by atoms with Gasteiger partial charge in [-0.3, -0.25) is 9.20 Å². The minimum Gasteiger partial charge on any atom is -0.477 e. The normalized spacial score (nSPS) is 16.2. The fourth-order valence-electron chi connectivity index (χ4n) is 3.94. The van der Waals surface area contributed by atoms with E-state index in [-0.39, 0.29) is 22.9 Å². The summed E-state index contributed by atoms with van der Waals surface area (Å²) in [5.74, 6) is 0.318. The molecule has 1 fully saturated rings. The molecule has 0 aliphatic carbocycles. The summed E-state index contributed by atoms with van der Waals surface area (Å²) in [5.41, 5.74) is 1.94. The number of fused-ring (bicyclic) bond motifs is 1. The van der Waals surface area contributed by atoms with Crippen LogP contribution in [-0.2, 0) is 27.1 Å². The summed E-state index contributed by atoms with van der Waals surface area (Å²) in [6, 6.07) is 3.83. The molecule has 1 unspecified atom stereocenters. The summed E-state index contributed by atoms with van der Waals surface area (Å²) in [7, 11) is 0. The van der Waals surface area contributed by atoms with Crippen LogP contribution in [0.25, 0.3) is 11.7 Å². The number of ether oxygens (including phenoxy) is 3. The van der Waals surface area contributed by atoms with Gasteiger partial charge >= 0.3 is 5.97 Å². The van der Waals surface area contributed by atoms with Crippen LogP contribution in [0.3, 0.4) is 0 Å². The van der Waals surface area contributed by atoms with E-state index in [4.69, 9.17) is 19.2 Å². The number of esters is 1. The number of hydrogen-bond acceptors (Lipinski definition) is 8. The van der Waals surface area contributed by atoms with Crippen LogP contribution in [0.2, 0.25) is 0 Å². The lowest BCUT2D eigenvalue weighted by atomic mass is 10.1. The van der Waals surface area contributed by atoms with Gasteiger partial charge in [0.25, 0.3) is 5.56 Å². The molecule has 0 radical (unpaired) electrons. The van der Waals surface area contributed by atoms with E-state index in [1.807, 2.05) is 12.1 Å². The first-order chi connectivity index (χ1) is 17.6. The zero-order valence-corrected chi connectivity index (χ0v) is 23.0. The fourth-order valence-corrected chi connectivity index (χ4v) is 4.90. The molecule has 198 valence electrons. The molecular weight excluding hydrogens is 490 g/mol. The van der Waals surface area contributed by atoms with Crippen molar-refractivity contribution < 1.29 is 19.0 Å². The molecule has 0 N–H and O–H groups in total. The van der Waals surface area contributed by atoms with Crippen molar-refractivity contribution in [2.24, 2.45) is 5.92 Å². The third kappa shape index (κ3) is 7.26. The van der Waals surface area contributed by atoms with E-state index in [2.05, 4.69) is 24.2 Å².